The zero-order chi connectivity index (χ0) is 23.2. The molecule has 3 heteroatoms. The van der Waals surface area contributed by atoms with Crippen LogP contribution in [0.15, 0.2) is 94.4 Å². The maximum Gasteiger partial charge on any atom is 0.339 e. The Hall–Kier alpha value is -2.52. The van der Waals surface area contributed by atoms with Gasteiger partial charge in [0, 0.05) is 10.6 Å². The third-order valence-corrected chi connectivity index (χ3v) is 6.11. The van der Waals surface area contributed by atoms with Crippen LogP contribution in [0.3, 0.4) is 0 Å². The summed E-state index contributed by atoms with van der Waals surface area (Å²) in [4.78, 5) is 13.6. The summed E-state index contributed by atoms with van der Waals surface area (Å²) in [5.41, 5.74) is 5.86. The molecule has 0 aliphatic heterocycles. The summed E-state index contributed by atoms with van der Waals surface area (Å²) in [6.07, 6.45) is 11.3. The van der Waals surface area contributed by atoms with E-state index < -0.39 is 0 Å². The highest BCUT2D eigenvalue weighted by Crippen LogP contribution is 2.24. The molecule has 0 aliphatic rings. The maximum atomic E-state index is 12.6. The third-order valence-electron chi connectivity index (χ3n) is 5.11. The summed E-state index contributed by atoms with van der Waals surface area (Å²) in [5.74, 6) is 0.573. The summed E-state index contributed by atoms with van der Waals surface area (Å²) >= 11 is 1.68. The number of hydrogen-bond acceptors (Lipinski definition) is 3. The lowest BCUT2D eigenvalue weighted by atomic mass is 10.1. The maximum absolute atomic E-state index is 12.6. The molecular weight excluding hydrogens is 412 g/mol. The van der Waals surface area contributed by atoms with Crippen molar-refractivity contribution in [2.24, 2.45) is 0 Å². The van der Waals surface area contributed by atoms with E-state index in [2.05, 4.69) is 45.9 Å². The molecule has 2 nitrogen and oxygen atoms in total. The molecule has 0 radical (unpaired) electrons. The molecule has 0 unspecified atom stereocenters. The highest BCUT2D eigenvalue weighted by atomic mass is 32.2. The normalized spacial score (nSPS) is 11.9. The molecule has 0 N–H and O–H groups in total. The number of hydrogen-bond donors (Lipinski definition) is 0. The first kappa shape index (κ1) is 25.7. The Labute approximate surface area is 198 Å². The van der Waals surface area contributed by atoms with Gasteiger partial charge in [-0.15, -0.1) is 11.8 Å². The zero-order valence-corrected chi connectivity index (χ0v) is 20.7. The fraction of sp³-hybridized carbons (Fsp3) is 0.345. The van der Waals surface area contributed by atoms with Gasteiger partial charge in [-0.3, -0.25) is 0 Å². The molecule has 0 aliphatic carbocycles. The van der Waals surface area contributed by atoms with Gasteiger partial charge < -0.3 is 4.74 Å². The second kappa shape index (κ2) is 14.5. The number of thioether (sulfide) groups is 1. The van der Waals surface area contributed by atoms with Gasteiger partial charge >= 0.3 is 5.97 Å². The summed E-state index contributed by atoms with van der Waals surface area (Å²) in [6.45, 7) is 9.00. The Morgan fingerprint density at radius 1 is 0.812 bits per heavy atom. The molecule has 0 saturated carbocycles. The monoisotopic (exact) mass is 448 g/mol. The van der Waals surface area contributed by atoms with Crippen LogP contribution in [-0.2, 0) is 11.3 Å². The lowest BCUT2D eigenvalue weighted by Crippen LogP contribution is -2.06. The number of rotatable bonds is 12. The molecule has 0 spiro atoms. The molecule has 2 rings (SSSR count). The van der Waals surface area contributed by atoms with Crippen LogP contribution < -0.4 is 0 Å². The lowest BCUT2D eigenvalue weighted by Gasteiger charge is -2.09. The van der Waals surface area contributed by atoms with E-state index in [0.717, 1.165) is 41.9 Å². The van der Waals surface area contributed by atoms with Crippen molar-refractivity contribution in [3.05, 3.63) is 101 Å². The van der Waals surface area contributed by atoms with E-state index in [9.17, 15) is 4.79 Å². The number of carbonyl (C=O) groups excluding carboxylic acids is 1. The minimum atomic E-state index is -0.272. The molecule has 32 heavy (non-hydrogen) atoms. The van der Waals surface area contributed by atoms with Crippen LogP contribution in [0, 0.1) is 0 Å². The Kier molecular flexibility index (Phi) is 11.7. The SMILES string of the molecule is CC(C)=CCC/C(C)=C/CC/C(C)=C/CSc1ccccc1C(=O)OCc1ccccc1. The van der Waals surface area contributed by atoms with Crippen molar-refractivity contribution in [3.8, 4) is 0 Å². The second-order valence-electron chi connectivity index (χ2n) is 8.33. The van der Waals surface area contributed by atoms with Crippen molar-refractivity contribution in [2.75, 3.05) is 5.75 Å². The molecule has 170 valence electrons. The van der Waals surface area contributed by atoms with Crippen molar-refractivity contribution in [3.63, 3.8) is 0 Å². The largest absolute Gasteiger partial charge is 0.457 e. The van der Waals surface area contributed by atoms with Crippen LogP contribution in [0.1, 0.15) is 69.3 Å². The fourth-order valence-corrected chi connectivity index (χ4v) is 4.20. The summed E-state index contributed by atoms with van der Waals surface area (Å²) < 4.78 is 5.52. The van der Waals surface area contributed by atoms with Crippen molar-refractivity contribution in [1.29, 1.82) is 0 Å². The third kappa shape index (κ3) is 10.2. The molecule has 2 aromatic rings. The lowest BCUT2D eigenvalue weighted by molar-refractivity contribution is 0.0468. The van der Waals surface area contributed by atoms with Crippen LogP contribution in [0.2, 0.25) is 0 Å². The Morgan fingerprint density at radius 2 is 1.44 bits per heavy atom. The van der Waals surface area contributed by atoms with Crippen molar-refractivity contribution >= 4 is 17.7 Å². The van der Waals surface area contributed by atoms with Gasteiger partial charge in [-0.05, 0) is 71.1 Å². The van der Waals surface area contributed by atoms with Gasteiger partial charge in [0.15, 0.2) is 0 Å². The smallest absolute Gasteiger partial charge is 0.339 e. The van der Waals surface area contributed by atoms with Gasteiger partial charge in [0.05, 0.1) is 5.56 Å². The van der Waals surface area contributed by atoms with Crippen LogP contribution >= 0.6 is 11.8 Å². The first-order valence-corrected chi connectivity index (χ1v) is 12.3. The standard InChI is InChI=1S/C29H36O2S/c1-23(2)12-10-13-24(3)14-11-15-25(4)20-21-32-28-19-9-8-18-27(28)29(30)31-22-26-16-6-5-7-17-26/h5-9,12,14,16-20H,10-11,13,15,21-22H2,1-4H3/b24-14+,25-20+. The highest BCUT2D eigenvalue weighted by molar-refractivity contribution is 7.99. The number of benzene rings is 2. The van der Waals surface area contributed by atoms with E-state index in [0.29, 0.717) is 12.2 Å². The quantitative estimate of drug-likeness (QED) is 0.185. The number of allylic oxidation sites excluding steroid dienone is 5. The van der Waals surface area contributed by atoms with Crippen molar-refractivity contribution < 1.29 is 9.53 Å². The summed E-state index contributed by atoms with van der Waals surface area (Å²) in [6, 6.07) is 17.5. The number of ether oxygens (including phenoxy) is 1. The Balaban J connectivity index is 1.81. The predicted molar refractivity (Wildman–Crippen MR) is 138 cm³/mol. The van der Waals surface area contributed by atoms with Crippen molar-refractivity contribution in [2.45, 2.75) is 64.9 Å². The average Bonchev–Trinajstić information content (AvgIpc) is 2.78. The molecule has 0 fully saturated rings. The van der Waals surface area contributed by atoms with Gasteiger partial charge in [0.1, 0.15) is 6.61 Å². The minimum absolute atomic E-state index is 0.272. The summed E-state index contributed by atoms with van der Waals surface area (Å²) in [7, 11) is 0. The first-order chi connectivity index (χ1) is 15.5. The fourth-order valence-electron chi connectivity index (χ4n) is 3.17. The van der Waals surface area contributed by atoms with E-state index in [1.165, 1.54) is 16.7 Å². The molecule has 0 bridgehead atoms. The van der Waals surface area contributed by atoms with E-state index in [4.69, 9.17) is 4.74 Å². The molecule has 0 heterocycles. The van der Waals surface area contributed by atoms with Crippen LogP contribution in [0.25, 0.3) is 0 Å². The summed E-state index contributed by atoms with van der Waals surface area (Å²) in [5, 5.41) is 0. The van der Waals surface area contributed by atoms with Crippen LogP contribution in [0.5, 0.6) is 0 Å². The van der Waals surface area contributed by atoms with E-state index in [1.54, 1.807) is 11.8 Å². The average molecular weight is 449 g/mol. The van der Waals surface area contributed by atoms with Gasteiger partial charge in [0.25, 0.3) is 0 Å². The van der Waals surface area contributed by atoms with E-state index in [-0.39, 0.29) is 5.97 Å². The molecule has 0 aromatic heterocycles. The minimum Gasteiger partial charge on any atom is -0.457 e. The highest BCUT2D eigenvalue weighted by Gasteiger charge is 2.12. The first-order valence-electron chi connectivity index (χ1n) is 11.3. The van der Waals surface area contributed by atoms with Crippen LogP contribution in [-0.4, -0.2) is 11.7 Å². The molecule has 0 amide bonds. The number of carbonyl (C=O) groups is 1. The van der Waals surface area contributed by atoms with Gasteiger partial charge in [0.2, 0.25) is 0 Å². The molecule has 0 saturated heterocycles. The van der Waals surface area contributed by atoms with E-state index >= 15 is 0 Å². The molecule has 0 atom stereocenters. The zero-order valence-electron chi connectivity index (χ0n) is 19.9. The Bertz CT molecular complexity index is 935. The topological polar surface area (TPSA) is 26.3 Å². The second-order valence-corrected chi connectivity index (χ2v) is 9.39. The molecular formula is C29H36O2S. The van der Waals surface area contributed by atoms with Gasteiger partial charge in [-0.1, -0.05) is 77.4 Å². The van der Waals surface area contributed by atoms with Gasteiger partial charge in [-0.25, -0.2) is 4.79 Å². The van der Waals surface area contributed by atoms with Gasteiger partial charge in [-0.2, -0.15) is 0 Å². The molecule has 2 aromatic carbocycles. The number of esters is 1. The predicted octanol–water partition coefficient (Wildman–Crippen LogP) is 8.55. The van der Waals surface area contributed by atoms with Crippen LogP contribution in [0.4, 0.5) is 0 Å². The van der Waals surface area contributed by atoms with E-state index in [1.807, 2.05) is 54.6 Å². The van der Waals surface area contributed by atoms with Crippen molar-refractivity contribution in [1.82, 2.24) is 0 Å². The Morgan fingerprint density at radius 3 is 2.16 bits per heavy atom.